The summed E-state index contributed by atoms with van der Waals surface area (Å²) in [7, 11) is 0. The minimum absolute atomic E-state index is 0.0491. The van der Waals surface area contributed by atoms with E-state index < -0.39 is 0 Å². The fourth-order valence-corrected chi connectivity index (χ4v) is 3.74. The van der Waals surface area contributed by atoms with Crippen molar-refractivity contribution in [1.29, 1.82) is 0 Å². The summed E-state index contributed by atoms with van der Waals surface area (Å²) in [5.74, 6) is 0.0491. The molecule has 1 aliphatic carbocycles. The van der Waals surface area contributed by atoms with E-state index in [-0.39, 0.29) is 11.9 Å². The Labute approximate surface area is 136 Å². The SMILES string of the molecule is NC1CCCN(C(=O)c2nn(-c3ccccc3)c3c2CCC3)C1. The van der Waals surface area contributed by atoms with E-state index in [0.717, 1.165) is 49.9 Å². The van der Waals surface area contributed by atoms with Gasteiger partial charge in [0, 0.05) is 30.4 Å². The predicted octanol–water partition coefficient (Wildman–Crippen LogP) is 1.92. The topological polar surface area (TPSA) is 64.2 Å². The van der Waals surface area contributed by atoms with Gasteiger partial charge >= 0.3 is 0 Å². The number of nitrogens with zero attached hydrogens (tertiary/aromatic N) is 3. The van der Waals surface area contributed by atoms with E-state index in [9.17, 15) is 4.79 Å². The van der Waals surface area contributed by atoms with Crippen molar-refractivity contribution in [2.24, 2.45) is 5.73 Å². The molecule has 1 fully saturated rings. The number of piperidine rings is 1. The largest absolute Gasteiger partial charge is 0.336 e. The van der Waals surface area contributed by atoms with Crippen LogP contribution in [0.25, 0.3) is 5.69 Å². The fraction of sp³-hybridized carbons (Fsp3) is 0.444. The Bertz CT molecular complexity index is 722. The zero-order valence-electron chi connectivity index (χ0n) is 13.2. The molecule has 1 aliphatic heterocycles. The third-order valence-corrected chi connectivity index (χ3v) is 4.88. The molecule has 0 saturated carbocycles. The number of hydrogen-bond acceptors (Lipinski definition) is 3. The molecule has 1 aromatic carbocycles. The van der Waals surface area contributed by atoms with E-state index in [4.69, 9.17) is 5.73 Å². The number of aromatic nitrogens is 2. The summed E-state index contributed by atoms with van der Waals surface area (Å²) in [5.41, 5.74) is 10.0. The first-order valence-corrected chi connectivity index (χ1v) is 8.45. The van der Waals surface area contributed by atoms with Gasteiger partial charge in [0.25, 0.3) is 5.91 Å². The first kappa shape index (κ1) is 14.5. The molecule has 23 heavy (non-hydrogen) atoms. The summed E-state index contributed by atoms with van der Waals surface area (Å²) in [6, 6.07) is 10.2. The van der Waals surface area contributed by atoms with Gasteiger partial charge < -0.3 is 10.6 Å². The van der Waals surface area contributed by atoms with Crippen LogP contribution in [0.4, 0.5) is 0 Å². The van der Waals surface area contributed by atoms with Crippen LogP contribution in [0.5, 0.6) is 0 Å². The van der Waals surface area contributed by atoms with Crippen molar-refractivity contribution in [1.82, 2.24) is 14.7 Å². The molecule has 1 unspecified atom stereocenters. The average Bonchev–Trinajstić information content (AvgIpc) is 3.17. The lowest BCUT2D eigenvalue weighted by molar-refractivity contribution is 0.0701. The van der Waals surface area contributed by atoms with Gasteiger partial charge in [-0.2, -0.15) is 5.10 Å². The molecule has 0 spiro atoms. The molecule has 1 amide bonds. The smallest absolute Gasteiger partial charge is 0.274 e. The summed E-state index contributed by atoms with van der Waals surface area (Å²) < 4.78 is 1.96. The molecule has 1 saturated heterocycles. The van der Waals surface area contributed by atoms with Crippen molar-refractivity contribution < 1.29 is 4.79 Å². The van der Waals surface area contributed by atoms with Gasteiger partial charge in [0.1, 0.15) is 0 Å². The van der Waals surface area contributed by atoms with Gasteiger partial charge in [-0.1, -0.05) is 18.2 Å². The van der Waals surface area contributed by atoms with Gasteiger partial charge in [-0.15, -0.1) is 0 Å². The zero-order valence-corrected chi connectivity index (χ0v) is 13.2. The van der Waals surface area contributed by atoms with Gasteiger partial charge in [0.2, 0.25) is 0 Å². The van der Waals surface area contributed by atoms with Gasteiger partial charge in [-0.3, -0.25) is 4.79 Å². The summed E-state index contributed by atoms with van der Waals surface area (Å²) in [6.45, 7) is 1.44. The highest BCUT2D eigenvalue weighted by Crippen LogP contribution is 2.29. The Morgan fingerprint density at radius 3 is 2.78 bits per heavy atom. The second-order valence-electron chi connectivity index (χ2n) is 6.53. The molecule has 2 heterocycles. The molecule has 1 aromatic heterocycles. The Balaban J connectivity index is 1.71. The van der Waals surface area contributed by atoms with Crippen LogP contribution < -0.4 is 5.73 Å². The number of amides is 1. The molecule has 0 bridgehead atoms. The second kappa shape index (κ2) is 5.81. The third kappa shape index (κ3) is 2.55. The highest BCUT2D eigenvalue weighted by Gasteiger charge is 2.31. The summed E-state index contributed by atoms with van der Waals surface area (Å²) in [5, 5.41) is 4.69. The number of fused-ring (bicyclic) bond motifs is 1. The molecule has 2 N–H and O–H groups in total. The first-order chi connectivity index (χ1) is 11.2. The summed E-state index contributed by atoms with van der Waals surface area (Å²) in [6.07, 6.45) is 5.02. The number of rotatable bonds is 2. The van der Waals surface area contributed by atoms with E-state index in [1.165, 1.54) is 5.69 Å². The van der Waals surface area contributed by atoms with E-state index in [1.54, 1.807) is 0 Å². The highest BCUT2D eigenvalue weighted by atomic mass is 16.2. The van der Waals surface area contributed by atoms with Crippen LogP contribution in [-0.4, -0.2) is 39.7 Å². The normalized spacial score (nSPS) is 20.6. The van der Waals surface area contributed by atoms with Crippen LogP contribution in [0, 0.1) is 0 Å². The van der Waals surface area contributed by atoms with Crippen LogP contribution in [-0.2, 0) is 12.8 Å². The van der Waals surface area contributed by atoms with Crippen LogP contribution in [0.2, 0.25) is 0 Å². The molecule has 5 nitrogen and oxygen atoms in total. The van der Waals surface area contributed by atoms with Crippen molar-refractivity contribution in [3.05, 3.63) is 47.3 Å². The lowest BCUT2D eigenvalue weighted by atomic mass is 10.1. The predicted molar refractivity (Wildman–Crippen MR) is 88.7 cm³/mol. The molecule has 1 atom stereocenters. The Morgan fingerprint density at radius 1 is 1.17 bits per heavy atom. The van der Waals surface area contributed by atoms with E-state index in [2.05, 4.69) is 5.10 Å². The number of para-hydroxylation sites is 1. The summed E-state index contributed by atoms with van der Waals surface area (Å²) in [4.78, 5) is 14.8. The molecule has 2 aliphatic rings. The highest BCUT2D eigenvalue weighted by molar-refractivity contribution is 5.94. The molecule has 120 valence electrons. The number of nitrogens with two attached hydrogens (primary N) is 1. The Morgan fingerprint density at radius 2 is 2.00 bits per heavy atom. The van der Waals surface area contributed by atoms with Crippen LogP contribution in [0.15, 0.2) is 30.3 Å². The fourth-order valence-electron chi connectivity index (χ4n) is 3.74. The van der Waals surface area contributed by atoms with Gasteiger partial charge in [0.05, 0.1) is 5.69 Å². The van der Waals surface area contributed by atoms with Crippen molar-refractivity contribution in [3.63, 3.8) is 0 Å². The minimum Gasteiger partial charge on any atom is -0.336 e. The molecule has 4 rings (SSSR count). The average molecular weight is 310 g/mol. The van der Waals surface area contributed by atoms with E-state index in [0.29, 0.717) is 12.2 Å². The maximum absolute atomic E-state index is 12.9. The molecule has 5 heteroatoms. The van der Waals surface area contributed by atoms with Crippen LogP contribution in [0.3, 0.4) is 0 Å². The second-order valence-corrected chi connectivity index (χ2v) is 6.53. The molecular weight excluding hydrogens is 288 g/mol. The number of hydrogen-bond donors (Lipinski definition) is 1. The third-order valence-electron chi connectivity index (χ3n) is 4.88. The van der Waals surface area contributed by atoms with E-state index in [1.807, 2.05) is 39.9 Å². The van der Waals surface area contributed by atoms with Crippen molar-refractivity contribution >= 4 is 5.91 Å². The maximum Gasteiger partial charge on any atom is 0.274 e. The van der Waals surface area contributed by atoms with Crippen LogP contribution in [0.1, 0.15) is 41.0 Å². The van der Waals surface area contributed by atoms with Gasteiger partial charge in [0.15, 0.2) is 5.69 Å². The van der Waals surface area contributed by atoms with Crippen molar-refractivity contribution in [3.8, 4) is 5.69 Å². The molecule has 0 radical (unpaired) electrons. The first-order valence-electron chi connectivity index (χ1n) is 8.45. The summed E-state index contributed by atoms with van der Waals surface area (Å²) >= 11 is 0. The zero-order chi connectivity index (χ0) is 15.8. The number of likely N-dealkylation sites (tertiary alicyclic amines) is 1. The quantitative estimate of drug-likeness (QED) is 0.922. The van der Waals surface area contributed by atoms with Gasteiger partial charge in [-0.25, -0.2) is 4.68 Å². The molecular formula is C18H22N4O. The maximum atomic E-state index is 12.9. The minimum atomic E-state index is 0.0491. The number of carbonyl (C=O) groups is 1. The lowest BCUT2D eigenvalue weighted by Crippen LogP contribution is -2.46. The standard InChI is InChI=1S/C18H22N4O/c19-13-6-5-11-21(12-13)18(23)17-15-9-4-10-16(15)22(20-17)14-7-2-1-3-8-14/h1-3,7-8,13H,4-6,9-12,19H2. The lowest BCUT2D eigenvalue weighted by Gasteiger charge is -2.30. The monoisotopic (exact) mass is 310 g/mol. The number of benzene rings is 1. The molecule has 2 aromatic rings. The number of carbonyl (C=O) groups excluding carboxylic acids is 1. The Kier molecular flexibility index (Phi) is 3.65. The Hall–Kier alpha value is -2.14. The van der Waals surface area contributed by atoms with Crippen molar-refractivity contribution in [2.45, 2.75) is 38.1 Å². The van der Waals surface area contributed by atoms with Crippen molar-refractivity contribution in [2.75, 3.05) is 13.1 Å². The van der Waals surface area contributed by atoms with Gasteiger partial charge in [-0.05, 0) is 44.2 Å². The van der Waals surface area contributed by atoms with Crippen LogP contribution >= 0.6 is 0 Å². The van der Waals surface area contributed by atoms with E-state index >= 15 is 0 Å².